The summed E-state index contributed by atoms with van der Waals surface area (Å²) >= 11 is 0. The summed E-state index contributed by atoms with van der Waals surface area (Å²) in [5.74, 6) is 0. The van der Waals surface area contributed by atoms with E-state index in [1.807, 2.05) is 12.3 Å². The summed E-state index contributed by atoms with van der Waals surface area (Å²) in [6.45, 7) is 4.91. The molecule has 0 fully saturated rings. The quantitative estimate of drug-likeness (QED) is 0.940. The molecule has 0 saturated heterocycles. The molecule has 114 valence electrons. The van der Waals surface area contributed by atoms with Crippen LogP contribution in [-0.4, -0.2) is 17.2 Å². The van der Waals surface area contributed by atoms with Gasteiger partial charge in [-0.25, -0.2) is 0 Å². The molecule has 3 rings (SSSR count). The zero-order valence-corrected chi connectivity index (χ0v) is 13.2. The van der Waals surface area contributed by atoms with Crippen molar-refractivity contribution in [2.24, 2.45) is 10.8 Å². The van der Waals surface area contributed by atoms with Gasteiger partial charge in [0, 0.05) is 24.5 Å². The lowest BCUT2D eigenvalue weighted by Crippen LogP contribution is -2.18. The Morgan fingerprint density at radius 3 is 2.77 bits per heavy atom. The van der Waals surface area contributed by atoms with Crippen LogP contribution in [0.1, 0.15) is 35.6 Å². The van der Waals surface area contributed by atoms with E-state index < -0.39 is 0 Å². The van der Waals surface area contributed by atoms with Crippen LogP contribution < -0.4 is 10.7 Å². The van der Waals surface area contributed by atoms with Crippen molar-refractivity contribution in [1.29, 1.82) is 0 Å². The minimum absolute atomic E-state index is 0.206. The summed E-state index contributed by atoms with van der Waals surface area (Å²) in [5.41, 5.74) is 11.8. The number of aromatic nitrogens is 1. The molecular weight excluding hydrogens is 272 g/mol. The number of pyridine rings is 1. The molecule has 22 heavy (non-hydrogen) atoms. The number of anilines is 1. The number of hydrazone groups is 1. The van der Waals surface area contributed by atoms with E-state index in [0.29, 0.717) is 6.54 Å². The standard InChI is InChI=1S/C18H22N4/c1-13-5-6-17(10-14(13)2)22-18(11-16(21-22)7-8-19)15-4-3-9-20-12-15/h3-6,9-10,12,18H,7-8,11,19H2,1-2H3. The molecule has 1 aromatic heterocycles. The molecule has 1 aliphatic heterocycles. The molecule has 0 radical (unpaired) electrons. The Morgan fingerprint density at radius 1 is 1.23 bits per heavy atom. The topological polar surface area (TPSA) is 54.5 Å². The predicted octanol–water partition coefficient (Wildman–Crippen LogP) is 3.35. The van der Waals surface area contributed by atoms with Crippen molar-refractivity contribution >= 4 is 11.4 Å². The zero-order valence-electron chi connectivity index (χ0n) is 13.2. The average molecular weight is 294 g/mol. The van der Waals surface area contributed by atoms with E-state index in [9.17, 15) is 0 Å². The summed E-state index contributed by atoms with van der Waals surface area (Å²) < 4.78 is 0. The van der Waals surface area contributed by atoms with Crippen molar-refractivity contribution in [3.05, 3.63) is 59.4 Å². The number of hydrogen-bond acceptors (Lipinski definition) is 4. The summed E-state index contributed by atoms with van der Waals surface area (Å²) in [5, 5.41) is 6.94. The normalized spacial score (nSPS) is 17.7. The fourth-order valence-electron chi connectivity index (χ4n) is 2.83. The van der Waals surface area contributed by atoms with Crippen molar-refractivity contribution in [2.45, 2.75) is 32.7 Å². The third kappa shape index (κ3) is 2.88. The Balaban J connectivity index is 1.97. The molecular formula is C18H22N4. The van der Waals surface area contributed by atoms with Crippen molar-refractivity contribution in [2.75, 3.05) is 11.6 Å². The van der Waals surface area contributed by atoms with Crippen LogP contribution in [0.4, 0.5) is 5.69 Å². The van der Waals surface area contributed by atoms with Crippen LogP contribution in [0.3, 0.4) is 0 Å². The average Bonchev–Trinajstić information content (AvgIpc) is 2.95. The van der Waals surface area contributed by atoms with Gasteiger partial charge >= 0.3 is 0 Å². The van der Waals surface area contributed by atoms with Gasteiger partial charge in [0.2, 0.25) is 0 Å². The second kappa shape index (κ2) is 6.28. The van der Waals surface area contributed by atoms with E-state index in [1.54, 1.807) is 6.20 Å². The highest BCUT2D eigenvalue weighted by molar-refractivity contribution is 5.89. The van der Waals surface area contributed by atoms with Gasteiger partial charge in [-0.2, -0.15) is 5.10 Å². The maximum absolute atomic E-state index is 5.71. The Labute approximate surface area is 131 Å². The molecule has 0 bridgehead atoms. The third-order valence-corrected chi connectivity index (χ3v) is 4.23. The Morgan fingerprint density at radius 2 is 2.09 bits per heavy atom. The van der Waals surface area contributed by atoms with Crippen LogP contribution in [0.2, 0.25) is 0 Å². The van der Waals surface area contributed by atoms with E-state index >= 15 is 0 Å². The molecule has 0 aliphatic carbocycles. The Kier molecular flexibility index (Phi) is 4.20. The van der Waals surface area contributed by atoms with Gasteiger partial charge in [-0.15, -0.1) is 0 Å². The minimum Gasteiger partial charge on any atom is -0.330 e. The molecule has 0 saturated carbocycles. The van der Waals surface area contributed by atoms with E-state index in [0.717, 1.165) is 24.2 Å². The summed E-state index contributed by atoms with van der Waals surface area (Å²) in [7, 11) is 0. The third-order valence-electron chi connectivity index (χ3n) is 4.23. The van der Waals surface area contributed by atoms with Gasteiger partial charge in [-0.1, -0.05) is 12.1 Å². The fourth-order valence-corrected chi connectivity index (χ4v) is 2.83. The number of benzene rings is 1. The molecule has 1 aliphatic rings. The molecule has 2 aromatic rings. The second-order valence-electron chi connectivity index (χ2n) is 5.82. The Hall–Kier alpha value is -2.20. The second-order valence-corrected chi connectivity index (χ2v) is 5.82. The minimum atomic E-state index is 0.206. The highest BCUT2D eigenvalue weighted by Gasteiger charge is 2.29. The fraction of sp³-hybridized carbons (Fsp3) is 0.333. The van der Waals surface area contributed by atoms with Crippen molar-refractivity contribution in [1.82, 2.24) is 4.98 Å². The number of nitrogens with zero attached hydrogens (tertiary/aromatic N) is 3. The first-order valence-corrected chi connectivity index (χ1v) is 7.72. The summed E-state index contributed by atoms with van der Waals surface area (Å²) in [6.07, 6.45) is 5.49. The van der Waals surface area contributed by atoms with Gasteiger partial charge in [-0.3, -0.25) is 9.99 Å². The molecule has 4 nitrogen and oxygen atoms in total. The van der Waals surface area contributed by atoms with E-state index in [2.05, 4.69) is 48.1 Å². The van der Waals surface area contributed by atoms with Crippen LogP contribution in [0.5, 0.6) is 0 Å². The van der Waals surface area contributed by atoms with Gasteiger partial charge in [0.05, 0.1) is 11.7 Å². The van der Waals surface area contributed by atoms with Crippen molar-refractivity contribution in [3.8, 4) is 0 Å². The number of nitrogens with two attached hydrogens (primary N) is 1. The van der Waals surface area contributed by atoms with E-state index in [-0.39, 0.29) is 6.04 Å². The molecule has 2 heterocycles. The lowest BCUT2D eigenvalue weighted by atomic mass is 10.0. The zero-order chi connectivity index (χ0) is 15.5. The van der Waals surface area contributed by atoms with E-state index in [1.165, 1.54) is 16.7 Å². The number of hydrogen-bond donors (Lipinski definition) is 1. The lowest BCUT2D eigenvalue weighted by Gasteiger charge is -2.24. The Bertz CT molecular complexity index is 679. The molecule has 4 heteroatoms. The summed E-state index contributed by atoms with van der Waals surface area (Å²) in [4.78, 5) is 4.26. The summed E-state index contributed by atoms with van der Waals surface area (Å²) in [6, 6.07) is 10.8. The van der Waals surface area contributed by atoms with Crippen molar-refractivity contribution in [3.63, 3.8) is 0 Å². The van der Waals surface area contributed by atoms with Crippen LogP contribution in [0.25, 0.3) is 0 Å². The van der Waals surface area contributed by atoms with Gasteiger partial charge in [0.15, 0.2) is 0 Å². The molecule has 1 atom stereocenters. The van der Waals surface area contributed by atoms with Crippen LogP contribution in [-0.2, 0) is 0 Å². The first-order valence-electron chi connectivity index (χ1n) is 7.72. The lowest BCUT2D eigenvalue weighted by molar-refractivity contribution is 0.704. The molecule has 1 unspecified atom stereocenters. The van der Waals surface area contributed by atoms with Crippen LogP contribution >= 0.6 is 0 Å². The largest absolute Gasteiger partial charge is 0.330 e. The highest BCUT2D eigenvalue weighted by Crippen LogP contribution is 2.36. The monoisotopic (exact) mass is 294 g/mol. The first-order chi connectivity index (χ1) is 10.7. The maximum Gasteiger partial charge on any atom is 0.0843 e. The molecule has 0 amide bonds. The molecule has 1 aromatic carbocycles. The van der Waals surface area contributed by atoms with Gasteiger partial charge in [0.1, 0.15) is 0 Å². The highest BCUT2D eigenvalue weighted by atomic mass is 15.5. The first kappa shape index (κ1) is 14.7. The van der Waals surface area contributed by atoms with Crippen LogP contribution in [0, 0.1) is 13.8 Å². The van der Waals surface area contributed by atoms with Crippen LogP contribution in [0.15, 0.2) is 47.8 Å². The number of rotatable bonds is 4. The van der Waals surface area contributed by atoms with Gasteiger partial charge in [0.25, 0.3) is 0 Å². The maximum atomic E-state index is 5.71. The smallest absolute Gasteiger partial charge is 0.0843 e. The number of aryl methyl sites for hydroxylation is 2. The molecule has 0 spiro atoms. The molecule has 2 N–H and O–H groups in total. The van der Waals surface area contributed by atoms with Crippen molar-refractivity contribution < 1.29 is 0 Å². The van der Waals surface area contributed by atoms with E-state index in [4.69, 9.17) is 10.8 Å². The predicted molar refractivity (Wildman–Crippen MR) is 91.1 cm³/mol. The SMILES string of the molecule is Cc1ccc(N2N=C(CCN)CC2c2cccnc2)cc1C. The van der Waals surface area contributed by atoms with Gasteiger partial charge < -0.3 is 5.73 Å². The van der Waals surface area contributed by atoms with Gasteiger partial charge in [-0.05, 0) is 61.7 Å².